The van der Waals surface area contributed by atoms with Gasteiger partial charge in [-0.05, 0) is 31.4 Å². The van der Waals surface area contributed by atoms with E-state index in [1.54, 1.807) is 0 Å². The summed E-state index contributed by atoms with van der Waals surface area (Å²) in [5.41, 5.74) is 6.02. The van der Waals surface area contributed by atoms with E-state index in [0.717, 1.165) is 18.4 Å². The number of carbonyl (C=O) groups excluding carboxylic acids is 2. The summed E-state index contributed by atoms with van der Waals surface area (Å²) < 4.78 is 0. The summed E-state index contributed by atoms with van der Waals surface area (Å²) in [7, 11) is 0. The lowest BCUT2D eigenvalue weighted by Crippen LogP contribution is -2.43. The van der Waals surface area contributed by atoms with E-state index in [4.69, 9.17) is 0 Å². The zero-order valence-electron chi connectivity index (χ0n) is 11.3. The zero-order valence-corrected chi connectivity index (χ0v) is 12.1. The van der Waals surface area contributed by atoms with Gasteiger partial charge in [-0.1, -0.05) is 20.8 Å². The standard InChI is InChI=1S/C13H20N2O2S/c1-5-8(3)12(16)14-15-13(17)11-7-9(4)10(6-2)18-11/h7-8H,5-6H2,1-4H3,(H,14,16)(H,15,17). The van der Waals surface area contributed by atoms with Crippen LogP contribution in [0.4, 0.5) is 0 Å². The Bertz CT molecular complexity index is 440. The van der Waals surface area contributed by atoms with Gasteiger partial charge in [0.25, 0.3) is 5.91 Å². The summed E-state index contributed by atoms with van der Waals surface area (Å²) >= 11 is 1.47. The van der Waals surface area contributed by atoms with E-state index in [1.165, 1.54) is 16.2 Å². The van der Waals surface area contributed by atoms with Crippen molar-refractivity contribution in [2.24, 2.45) is 5.92 Å². The van der Waals surface area contributed by atoms with Gasteiger partial charge in [-0.25, -0.2) is 0 Å². The molecule has 0 bridgehead atoms. The fourth-order valence-corrected chi connectivity index (χ4v) is 2.48. The first-order chi connectivity index (χ1) is 8.49. The first-order valence-corrected chi connectivity index (χ1v) is 7.00. The zero-order chi connectivity index (χ0) is 13.7. The average molecular weight is 268 g/mol. The van der Waals surface area contributed by atoms with Crippen LogP contribution in [0.1, 0.15) is 47.3 Å². The number of nitrogens with one attached hydrogen (secondary N) is 2. The Kier molecular flexibility index (Phi) is 5.34. The van der Waals surface area contributed by atoms with E-state index in [9.17, 15) is 9.59 Å². The van der Waals surface area contributed by atoms with E-state index in [2.05, 4.69) is 17.8 Å². The highest BCUT2D eigenvalue weighted by Gasteiger charge is 2.14. The molecule has 2 N–H and O–H groups in total. The molecule has 1 unspecified atom stereocenters. The predicted molar refractivity (Wildman–Crippen MR) is 73.5 cm³/mol. The largest absolute Gasteiger partial charge is 0.279 e. The van der Waals surface area contributed by atoms with Gasteiger partial charge in [0.05, 0.1) is 4.88 Å². The summed E-state index contributed by atoms with van der Waals surface area (Å²) in [6.07, 6.45) is 1.67. The molecule has 1 rings (SSSR count). The van der Waals surface area contributed by atoms with Crippen molar-refractivity contribution in [1.82, 2.24) is 10.9 Å². The molecule has 1 aromatic heterocycles. The van der Waals surface area contributed by atoms with Gasteiger partial charge >= 0.3 is 0 Å². The summed E-state index contributed by atoms with van der Waals surface area (Å²) in [5.74, 6) is -0.504. The van der Waals surface area contributed by atoms with E-state index < -0.39 is 0 Å². The topological polar surface area (TPSA) is 58.2 Å². The fourth-order valence-electron chi connectivity index (χ4n) is 1.47. The normalized spacial score (nSPS) is 12.0. The molecule has 0 aliphatic rings. The molecule has 18 heavy (non-hydrogen) atoms. The number of aryl methyl sites for hydroxylation is 2. The number of rotatable bonds is 4. The minimum Gasteiger partial charge on any atom is -0.273 e. The fraction of sp³-hybridized carbons (Fsp3) is 0.538. The molecule has 100 valence electrons. The molecule has 1 atom stereocenters. The second-order valence-corrected chi connectivity index (χ2v) is 5.46. The van der Waals surface area contributed by atoms with Crippen LogP contribution in [0, 0.1) is 12.8 Å². The molecule has 0 saturated carbocycles. The molecule has 0 aliphatic carbocycles. The molecule has 0 spiro atoms. The Morgan fingerprint density at radius 3 is 2.50 bits per heavy atom. The first-order valence-electron chi connectivity index (χ1n) is 6.19. The molecule has 0 saturated heterocycles. The molecule has 0 aromatic carbocycles. The van der Waals surface area contributed by atoms with Gasteiger partial charge in [-0.2, -0.15) is 0 Å². The Morgan fingerprint density at radius 1 is 1.33 bits per heavy atom. The minimum atomic E-state index is -0.251. The van der Waals surface area contributed by atoms with Crippen molar-refractivity contribution >= 4 is 23.2 Å². The van der Waals surface area contributed by atoms with E-state index in [0.29, 0.717) is 4.88 Å². The Morgan fingerprint density at radius 2 is 2.00 bits per heavy atom. The molecule has 0 aliphatic heterocycles. The molecular weight excluding hydrogens is 248 g/mol. The molecule has 4 nitrogen and oxygen atoms in total. The highest BCUT2D eigenvalue weighted by Crippen LogP contribution is 2.21. The van der Waals surface area contributed by atoms with Crippen LogP contribution in [0.25, 0.3) is 0 Å². The number of thiophene rings is 1. The van der Waals surface area contributed by atoms with Gasteiger partial charge in [-0.15, -0.1) is 11.3 Å². The predicted octanol–water partition coefficient (Wildman–Crippen LogP) is 2.43. The third-order valence-electron chi connectivity index (χ3n) is 2.92. The second-order valence-electron chi connectivity index (χ2n) is 4.32. The van der Waals surface area contributed by atoms with E-state index in [-0.39, 0.29) is 17.7 Å². The summed E-state index contributed by atoms with van der Waals surface area (Å²) in [5, 5.41) is 0. The molecule has 0 fully saturated rings. The summed E-state index contributed by atoms with van der Waals surface area (Å²) in [6, 6.07) is 1.86. The average Bonchev–Trinajstić information content (AvgIpc) is 2.75. The third kappa shape index (κ3) is 3.57. The third-order valence-corrected chi connectivity index (χ3v) is 4.30. The molecule has 5 heteroatoms. The number of hydrazine groups is 1. The molecule has 1 aromatic rings. The number of amides is 2. The maximum atomic E-state index is 11.8. The van der Waals surface area contributed by atoms with Crippen LogP contribution in [-0.2, 0) is 11.2 Å². The van der Waals surface area contributed by atoms with Crippen molar-refractivity contribution in [3.05, 3.63) is 21.4 Å². The van der Waals surface area contributed by atoms with Gasteiger partial charge in [-0.3, -0.25) is 20.4 Å². The van der Waals surface area contributed by atoms with Crippen molar-refractivity contribution in [2.45, 2.75) is 40.5 Å². The number of hydrogen-bond donors (Lipinski definition) is 2. The van der Waals surface area contributed by atoms with Crippen LogP contribution in [0.2, 0.25) is 0 Å². The lowest BCUT2D eigenvalue weighted by molar-refractivity contribution is -0.125. The van der Waals surface area contributed by atoms with E-state index >= 15 is 0 Å². The van der Waals surface area contributed by atoms with Gasteiger partial charge < -0.3 is 0 Å². The Hall–Kier alpha value is -1.36. The molecule has 0 radical (unpaired) electrons. The quantitative estimate of drug-likeness (QED) is 0.824. The minimum absolute atomic E-state index is 0.0958. The second kappa shape index (κ2) is 6.54. The van der Waals surface area contributed by atoms with Gasteiger partial charge in [0.1, 0.15) is 0 Å². The molecular formula is C13H20N2O2S. The van der Waals surface area contributed by atoms with Gasteiger partial charge in [0.15, 0.2) is 0 Å². The molecule has 1 heterocycles. The van der Waals surface area contributed by atoms with Crippen LogP contribution in [-0.4, -0.2) is 11.8 Å². The van der Waals surface area contributed by atoms with Crippen molar-refractivity contribution in [2.75, 3.05) is 0 Å². The monoisotopic (exact) mass is 268 g/mol. The van der Waals surface area contributed by atoms with Crippen LogP contribution >= 0.6 is 11.3 Å². The summed E-state index contributed by atoms with van der Waals surface area (Å²) in [6.45, 7) is 7.81. The smallest absolute Gasteiger partial charge is 0.273 e. The van der Waals surface area contributed by atoms with Crippen molar-refractivity contribution in [3.63, 3.8) is 0 Å². The number of carbonyl (C=O) groups is 2. The summed E-state index contributed by atoms with van der Waals surface area (Å²) in [4.78, 5) is 25.2. The SMILES string of the molecule is CCc1sc(C(=O)NNC(=O)C(C)CC)cc1C. The molecule has 2 amide bonds. The van der Waals surface area contributed by atoms with Gasteiger partial charge in [0.2, 0.25) is 5.91 Å². The maximum Gasteiger partial charge on any atom is 0.279 e. The maximum absolute atomic E-state index is 11.8. The Labute approximate surface area is 112 Å². The lowest BCUT2D eigenvalue weighted by atomic mass is 10.1. The van der Waals surface area contributed by atoms with Gasteiger partial charge in [0, 0.05) is 10.8 Å². The lowest BCUT2D eigenvalue weighted by Gasteiger charge is -2.10. The van der Waals surface area contributed by atoms with Crippen LogP contribution in [0.15, 0.2) is 6.07 Å². The number of hydrogen-bond acceptors (Lipinski definition) is 3. The van der Waals surface area contributed by atoms with Crippen molar-refractivity contribution in [1.29, 1.82) is 0 Å². The van der Waals surface area contributed by atoms with Crippen LogP contribution in [0.5, 0.6) is 0 Å². The van der Waals surface area contributed by atoms with Crippen molar-refractivity contribution in [3.8, 4) is 0 Å². The van der Waals surface area contributed by atoms with Crippen molar-refractivity contribution < 1.29 is 9.59 Å². The van der Waals surface area contributed by atoms with E-state index in [1.807, 2.05) is 26.8 Å². The Balaban J connectivity index is 2.57. The highest BCUT2D eigenvalue weighted by molar-refractivity contribution is 7.14. The van der Waals surface area contributed by atoms with Crippen LogP contribution in [0.3, 0.4) is 0 Å². The first kappa shape index (κ1) is 14.7. The van der Waals surface area contributed by atoms with Crippen LogP contribution < -0.4 is 10.9 Å². The highest BCUT2D eigenvalue weighted by atomic mass is 32.1.